The molecule has 0 bridgehead atoms. The Morgan fingerprint density at radius 2 is 1.10 bits per heavy atom. The quantitative estimate of drug-likeness (QED) is 0.168. The lowest BCUT2D eigenvalue weighted by Crippen LogP contribution is -2.35. The van der Waals surface area contributed by atoms with Crippen molar-refractivity contribution < 1.29 is 0 Å². The molecule has 1 radical (unpaired) electrons. The Balaban J connectivity index is 1.19. The van der Waals surface area contributed by atoms with Crippen LogP contribution in [0.3, 0.4) is 0 Å². The van der Waals surface area contributed by atoms with E-state index < -0.39 is 0 Å². The smallest absolute Gasteiger partial charge is 0.211 e. The molecule has 0 atom stereocenters. The second kappa shape index (κ2) is 14.7. The number of hydrogen-bond acceptors (Lipinski definition) is 3. The molecule has 1 aliphatic heterocycles. The molecule has 12 rings (SSSR count). The van der Waals surface area contributed by atoms with Crippen LogP contribution >= 0.6 is 11.3 Å². The molecule has 0 saturated carbocycles. The average molecular weight is 891 g/mol. The van der Waals surface area contributed by atoms with Gasteiger partial charge in [0.05, 0.1) is 11.2 Å². The van der Waals surface area contributed by atoms with Gasteiger partial charge in [-0.25, -0.2) is 0 Å². The molecular formula is C62H61BN3S. The van der Waals surface area contributed by atoms with Gasteiger partial charge >= 0.3 is 0 Å². The number of benzene rings is 7. The van der Waals surface area contributed by atoms with Crippen LogP contribution in [0.2, 0.25) is 0 Å². The predicted octanol–water partition coefficient (Wildman–Crippen LogP) is 16.2. The van der Waals surface area contributed by atoms with Gasteiger partial charge in [0, 0.05) is 60.4 Å². The molecule has 67 heavy (non-hydrogen) atoms. The monoisotopic (exact) mass is 890 g/mol. The minimum atomic E-state index is 0.0776. The third kappa shape index (κ3) is 6.58. The minimum Gasteiger partial charge on any atom is -0.355 e. The lowest BCUT2D eigenvalue weighted by atomic mass is 9.62. The maximum atomic E-state index is 3.93. The first-order valence-corrected chi connectivity index (χ1v) is 25.3. The number of rotatable bonds is 6. The van der Waals surface area contributed by atoms with E-state index in [1.54, 1.807) is 0 Å². The largest absolute Gasteiger partial charge is 0.355 e. The zero-order valence-electron chi connectivity index (χ0n) is 40.9. The molecule has 9 aromatic rings. The number of aromatic nitrogens is 1. The van der Waals surface area contributed by atoms with Crippen molar-refractivity contribution in [3.8, 4) is 16.8 Å². The van der Waals surface area contributed by atoms with E-state index in [0.29, 0.717) is 0 Å². The van der Waals surface area contributed by atoms with Gasteiger partial charge in [-0.1, -0.05) is 116 Å². The summed E-state index contributed by atoms with van der Waals surface area (Å²) in [5.74, 6) is 0. The van der Waals surface area contributed by atoms with E-state index in [4.69, 9.17) is 0 Å². The van der Waals surface area contributed by atoms with E-state index >= 15 is 0 Å². The normalized spacial score (nSPS) is 17.2. The van der Waals surface area contributed by atoms with E-state index in [1.165, 1.54) is 118 Å². The van der Waals surface area contributed by atoms with E-state index in [-0.39, 0.29) is 21.7 Å². The van der Waals surface area contributed by atoms with Crippen molar-refractivity contribution in [2.75, 3.05) is 10.2 Å². The summed E-state index contributed by atoms with van der Waals surface area (Å²) in [5.41, 5.74) is 22.2. The van der Waals surface area contributed by atoms with Crippen LogP contribution in [-0.2, 0) is 21.7 Å². The van der Waals surface area contributed by atoms with Crippen LogP contribution in [0.25, 0.3) is 48.7 Å². The van der Waals surface area contributed by atoms with E-state index in [0.717, 1.165) is 28.4 Å². The van der Waals surface area contributed by atoms with Crippen molar-refractivity contribution in [2.24, 2.45) is 0 Å². The highest BCUT2D eigenvalue weighted by molar-refractivity contribution is 7.29. The van der Waals surface area contributed by atoms with Crippen molar-refractivity contribution in [3.05, 3.63) is 167 Å². The Bertz CT molecular complexity index is 3440. The Kier molecular flexibility index (Phi) is 9.31. The standard InChI is InChI=1S/C62H61BN3S/c1-37-21-23-39(24-22-37)64-51-26-25-42(65(40-17-13-11-14-18-40)41-19-15-12-16-20-41)32-43(51)44-31-38(2)54-45-33-47-49(61(7,8)29-27-59(47,3)4)35-52(45)66-56-46-34-48-50(62(9,10)30-28-60(48,5)6)36-53(46)67-58(56)63-55(44)57(54)66/h11-26,31-36,64H,27-30H2,1-10H3. The number of hydrogen-bond donors (Lipinski definition) is 1. The highest BCUT2D eigenvalue weighted by Crippen LogP contribution is 2.52. The van der Waals surface area contributed by atoms with E-state index in [1.807, 2.05) is 11.3 Å². The first-order valence-electron chi connectivity index (χ1n) is 24.5. The summed E-state index contributed by atoms with van der Waals surface area (Å²) in [6.45, 7) is 24.2. The molecule has 3 aliphatic rings. The van der Waals surface area contributed by atoms with Crippen molar-refractivity contribution in [1.29, 1.82) is 0 Å². The number of anilines is 5. The summed E-state index contributed by atoms with van der Waals surface area (Å²) in [4.78, 5) is 2.39. The molecule has 0 saturated heterocycles. The summed E-state index contributed by atoms with van der Waals surface area (Å²) in [6.07, 6.45) is 4.76. The van der Waals surface area contributed by atoms with Crippen LogP contribution in [0, 0.1) is 13.8 Å². The van der Waals surface area contributed by atoms with Crippen LogP contribution in [0.1, 0.15) is 114 Å². The number of nitrogens with one attached hydrogen (secondary N) is 1. The number of thiophene rings is 1. The molecule has 0 spiro atoms. The summed E-state index contributed by atoms with van der Waals surface area (Å²) in [5, 5.41) is 8.05. The molecule has 3 heterocycles. The van der Waals surface area contributed by atoms with Crippen molar-refractivity contribution in [1.82, 2.24) is 4.57 Å². The third-order valence-corrected chi connectivity index (χ3v) is 17.4. The fourth-order valence-corrected chi connectivity index (χ4v) is 13.3. The second-order valence-corrected chi connectivity index (χ2v) is 23.8. The lowest BCUT2D eigenvalue weighted by Gasteiger charge is -2.42. The highest BCUT2D eigenvalue weighted by Gasteiger charge is 2.41. The molecule has 0 fully saturated rings. The first kappa shape index (κ1) is 42.3. The Morgan fingerprint density at radius 1 is 0.552 bits per heavy atom. The fourth-order valence-electron chi connectivity index (χ4n) is 12.1. The van der Waals surface area contributed by atoms with Gasteiger partial charge < -0.3 is 14.8 Å². The summed E-state index contributed by atoms with van der Waals surface area (Å²) in [6, 6.07) is 50.3. The number of fused-ring (bicyclic) bond motifs is 9. The molecule has 2 aliphatic carbocycles. The van der Waals surface area contributed by atoms with Gasteiger partial charge in [0.15, 0.2) is 0 Å². The average Bonchev–Trinajstić information content (AvgIpc) is 3.85. The summed E-state index contributed by atoms with van der Waals surface area (Å²) in [7, 11) is 2.56. The van der Waals surface area contributed by atoms with Gasteiger partial charge in [-0.05, 0) is 184 Å². The lowest BCUT2D eigenvalue weighted by molar-refractivity contribution is 0.332. The Hall–Kier alpha value is -6.04. The van der Waals surface area contributed by atoms with Gasteiger partial charge in [0.1, 0.15) is 0 Å². The van der Waals surface area contributed by atoms with Gasteiger partial charge in [0.25, 0.3) is 0 Å². The van der Waals surface area contributed by atoms with E-state index in [9.17, 15) is 0 Å². The molecule has 0 unspecified atom stereocenters. The molecule has 0 amide bonds. The highest BCUT2D eigenvalue weighted by atomic mass is 32.1. The topological polar surface area (TPSA) is 20.2 Å². The van der Waals surface area contributed by atoms with Crippen LogP contribution in [-0.4, -0.2) is 11.8 Å². The molecule has 333 valence electrons. The maximum Gasteiger partial charge on any atom is 0.211 e. The molecule has 5 heteroatoms. The van der Waals surface area contributed by atoms with Crippen LogP contribution in [0.4, 0.5) is 28.4 Å². The third-order valence-electron chi connectivity index (χ3n) is 16.3. The zero-order chi connectivity index (χ0) is 46.4. The van der Waals surface area contributed by atoms with Crippen molar-refractivity contribution >= 4 is 89.2 Å². The van der Waals surface area contributed by atoms with Crippen molar-refractivity contribution in [2.45, 2.75) is 117 Å². The number of para-hydroxylation sites is 2. The fraction of sp³-hybridized carbons (Fsp3) is 0.290. The van der Waals surface area contributed by atoms with Gasteiger partial charge in [-0.3, -0.25) is 0 Å². The van der Waals surface area contributed by atoms with Crippen LogP contribution < -0.4 is 20.5 Å². The minimum absolute atomic E-state index is 0.0776. The summed E-state index contributed by atoms with van der Waals surface area (Å²) < 4.78 is 5.45. The predicted molar refractivity (Wildman–Crippen MR) is 291 cm³/mol. The molecule has 7 aromatic carbocycles. The second-order valence-electron chi connectivity index (χ2n) is 22.7. The maximum absolute atomic E-state index is 3.93. The molecule has 2 aromatic heterocycles. The van der Waals surface area contributed by atoms with Crippen molar-refractivity contribution in [3.63, 3.8) is 0 Å². The van der Waals surface area contributed by atoms with Gasteiger partial charge in [0.2, 0.25) is 7.28 Å². The van der Waals surface area contributed by atoms with Crippen LogP contribution in [0.15, 0.2) is 133 Å². The Morgan fingerprint density at radius 3 is 1.70 bits per heavy atom. The SMILES string of the molecule is Cc1ccc(Nc2ccc(N(c3ccccc3)c3ccccc3)cc2-c2cc(C)c3c4cc5c(cc4n4c3c2[B]c2sc3cc6c(cc3c2-4)C(C)(C)CCC6(C)C)C(C)(C)CCC5(C)C)cc1. The summed E-state index contributed by atoms with van der Waals surface area (Å²) >= 11 is 1.98. The molecule has 1 N–H and O–H groups in total. The number of nitrogens with zero attached hydrogens (tertiary/aromatic N) is 2. The van der Waals surface area contributed by atoms with Gasteiger partial charge in [-0.2, -0.15) is 0 Å². The van der Waals surface area contributed by atoms with Gasteiger partial charge in [-0.15, -0.1) is 11.3 Å². The molecular weight excluding hydrogens is 830 g/mol. The number of aryl methyl sites for hydroxylation is 2. The zero-order valence-corrected chi connectivity index (χ0v) is 41.7. The van der Waals surface area contributed by atoms with Crippen LogP contribution in [0.5, 0.6) is 0 Å². The first-order chi connectivity index (χ1) is 32.0. The van der Waals surface area contributed by atoms with E-state index in [2.05, 4.69) is 225 Å². The Labute approximate surface area is 402 Å². The molecule has 3 nitrogen and oxygen atoms in total.